The van der Waals surface area contributed by atoms with E-state index in [1.165, 1.54) is 0 Å². The molecule has 2 saturated heterocycles. The summed E-state index contributed by atoms with van der Waals surface area (Å²) in [6.07, 6.45) is 1.63. The summed E-state index contributed by atoms with van der Waals surface area (Å²) in [6.45, 7) is 10.8. The molecule has 1 amide bonds. The molecule has 2 fully saturated rings. The van der Waals surface area contributed by atoms with Gasteiger partial charge in [0.1, 0.15) is 0 Å². The van der Waals surface area contributed by atoms with Crippen LogP contribution in [-0.2, 0) is 11.3 Å². The van der Waals surface area contributed by atoms with Gasteiger partial charge in [0, 0.05) is 51.4 Å². The average Bonchev–Trinajstić information content (AvgIpc) is 3.03. The highest BCUT2D eigenvalue weighted by Gasteiger charge is 2.26. The van der Waals surface area contributed by atoms with E-state index in [-0.39, 0.29) is 5.91 Å². The van der Waals surface area contributed by atoms with E-state index in [1.807, 2.05) is 11.0 Å². The summed E-state index contributed by atoms with van der Waals surface area (Å²) in [4.78, 5) is 19.3. The second-order valence-electron chi connectivity index (χ2n) is 5.89. The molecule has 3 rings (SSSR count). The molecule has 2 aliphatic heterocycles. The minimum absolute atomic E-state index is 0.0315. The normalized spacial score (nSPS) is 21.2. The van der Waals surface area contributed by atoms with Crippen molar-refractivity contribution in [3.8, 4) is 0 Å². The Morgan fingerprint density at radius 2 is 1.82 bits per heavy atom. The number of hydrogen-bond acceptors (Lipinski definition) is 5. The van der Waals surface area contributed by atoms with Crippen LogP contribution in [0.15, 0.2) is 16.7 Å². The summed E-state index contributed by atoms with van der Waals surface area (Å²) in [6, 6.07) is 1.92. The molecular weight excluding hydrogens is 282 g/mol. The number of hydrogen-bond donors (Lipinski definition) is 0. The Hall–Kier alpha value is -1.37. The first kappa shape index (κ1) is 15.5. The maximum absolute atomic E-state index is 12.7. The fraction of sp³-hybridized carbons (Fsp3) is 0.688. The fourth-order valence-electron chi connectivity index (χ4n) is 3.06. The predicted octanol–water partition coefficient (Wildman–Crippen LogP) is 0.889. The molecule has 0 spiro atoms. The number of piperazine rings is 1. The molecule has 0 N–H and O–H groups in total. The van der Waals surface area contributed by atoms with E-state index in [1.54, 1.807) is 6.26 Å². The van der Waals surface area contributed by atoms with Crippen molar-refractivity contribution in [2.24, 2.45) is 0 Å². The van der Waals surface area contributed by atoms with Gasteiger partial charge in [-0.25, -0.2) is 0 Å². The highest BCUT2D eigenvalue weighted by Crippen LogP contribution is 2.17. The van der Waals surface area contributed by atoms with Crippen molar-refractivity contribution < 1.29 is 13.9 Å². The number of carbonyl (C=O) groups is 1. The van der Waals surface area contributed by atoms with Crippen LogP contribution < -0.4 is 0 Å². The van der Waals surface area contributed by atoms with Crippen LogP contribution in [0.5, 0.6) is 0 Å². The van der Waals surface area contributed by atoms with Gasteiger partial charge in [-0.3, -0.25) is 9.69 Å². The van der Waals surface area contributed by atoms with Crippen LogP contribution in [0.2, 0.25) is 0 Å². The molecule has 0 atom stereocenters. The summed E-state index contributed by atoms with van der Waals surface area (Å²) in [5.74, 6) is 0.542. The average molecular weight is 307 g/mol. The molecule has 1 aromatic heterocycles. The number of morpholine rings is 1. The summed E-state index contributed by atoms with van der Waals surface area (Å²) < 4.78 is 10.9. The third-order valence-electron chi connectivity index (χ3n) is 4.55. The van der Waals surface area contributed by atoms with E-state index in [9.17, 15) is 4.79 Å². The number of nitrogens with zero attached hydrogens (tertiary/aromatic N) is 3. The van der Waals surface area contributed by atoms with Gasteiger partial charge in [0.25, 0.3) is 5.91 Å². The van der Waals surface area contributed by atoms with Crippen molar-refractivity contribution in [3.63, 3.8) is 0 Å². The van der Waals surface area contributed by atoms with E-state index in [2.05, 4.69) is 16.7 Å². The number of likely N-dealkylation sites (N-methyl/N-ethyl adjacent to an activating group) is 1. The van der Waals surface area contributed by atoms with Gasteiger partial charge in [0.2, 0.25) is 0 Å². The molecule has 3 heterocycles. The molecular formula is C16H25N3O3. The van der Waals surface area contributed by atoms with Crippen LogP contribution in [0.3, 0.4) is 0 Å². The zero-order valence-corrected chi connectivity index (χ0v) is 13.3. The zero-order chi connectivity index (χ0) is 15.4. The van der Waals surface area contributed by atoms with E-state index >= 15 is 0 Å². The molecule has 0 bridgehead atoms. The van der Waals surface area contributed by atoms with Crippen molar-refractivity contribution in [2.75, 3.05) is 59.0 Å². The monoisotopic (exact) mass is 307 g/mol. The van der Waals surface area contributed by atoms with E-state index < -0.39 is 0 Å². The molecule has 0 saturated carbocycles. The highest BCUT2D eigenvalue weighted by molar-refractivity contribution is 5.93. The SMILES string of the molecule is CCN1CCN(C(=O)c2occc2CN2CCOCC2)CC1. The summed E-state index contributed by atoms with van der Waals surface area (Å²) in [5.41, 5.74) is 0.991. The fourth-order valence-corrected chi connectivity index (χ4v) is 3.06. The van der Waals surface area contributed by atoms with Crippen LogP contribution in [0.25, 0.3) is 0 Å². The lowest BCUT2D eigenvalue weighted by molar-refractivity contribution is 0.0337. The third kappa shape index (κ3) is 3.51. The Labute approximate surface area is 131 Å². The maximum Gasteiger partial charge on any atom is 0.289 e. The predicted molar refractivity (Wildman–Crippen MR) is 82.8 cm³/mol. The first-order chi connectivity index (χ1) is 10.8. The van der Waals surface area contributed by atoms with Crippen LogP contribution in [0.1, 0.15) is 23.0 Å². The van der Waals surface area contributed by atoms with Gasteiger partial charge in [0.05, 0.1) is 19.5 Å². The van der Waals surface area contributed by atoms with Crippen LogP contribution in [0, 0.1) is 0 Å². The van der Waals surface area contributed by atoms with Crippen LogP contribution in [0.4, 0.5) is 0 Å². The van der Waals surface area contributed by atoms with Gasteiger partial charge in [-0.15, -0.1) is 0 Å². The molecule has 6 nitrogen and oxygen atoms in total. The van der Waals surface area contributed by atoms with E-state index in [0.717, 1.165) is 71.1 Å². The molecule has 1 aromatic rings. The first-order valence-electron chi connectivity index (χ1n) is 8.16. The molecule has 0 aromatic carbocycles. The summed E-state index contributed by atoms with van der Waals surface area (Å²) in [5, 5.41) is 0. The Morgan fingerprint density at radius 3 is 2.50 bits per heavy atom. The van der Waals surface area contributed by atoms with Crippen molar-refractivity contribution in [2.45, 2.75) is 13.5 Å². The smallest absolute Gasteiger partial charge is 0.289 e. The lowest BCUT2D eigenvalue weighted by atomic mass is 10.2. The Balaban J connectivity index is 1.62. The molecule has 0 radical (unpaired) electrons. The first-order valence-corrected chi connectivity index (χ1v) is 8.16. The van der Waals surface area contributed by atoms with E-state index in [0.29, 0.717) is 5.76 Å². The summed E-state index contributed by atoms with van der Waals surface area (Å²) >= 11 is 0. The van der Waals surface area contributed by atoms with E-state index in [4.69, 9.17) is 9.15 Å². The lowest BCUT2D eigenvalue weighted by Gasteiger charge is -2.33. The second kappa shape index (κ2) is 7.26. The third-order valence-corrected chi connectivity index (χ3v) is 4.55. The highest BCUT2D eigenvalue weighted by atomic mass is 16.5. The Morgan fingerprint density at radius 1 is 1.09 bits per heavy atom. The number of rotatable bonds is 4. The number of ether oxygens (including phenoxy) is 1. The molecule has 0 aliphatic carbocycles. The number of amides is 1. The van der Waals surface area contributed by atoms with Gasteiger partial charge >= 0.3 is 0 Å². The minimum atomic E-state index is 0.0315. The topological polar surface area (TPSA) is 49.2 Å². The van der Waals surface area contributed by atoms with Gasteiger partial charge in [-0.1, -0.05) is 6.92 Å². The second-order valence-corrected chi connectivity index (χ2v) is 5.89. The molecule has 2 aliphatic rings. The molecule has 122 valence electrons. The number of furan rings is 1. The molecule has 6 heteroatoms. The van der Waals surface area contributed by atoms with Crippen molar-refractivity contribution in [3.05, 3.63) is 23.7 Å². The quantitative estimate of drug-likeness (QED) is 0.827. The zero-order valence-electron chi connectivity index (χ0n) is 13.3. The van der Waals surface area contributed by atoms with Gasteiger partial charge in [0.15, 0.2) is 5.76 Å². The number of carbonyl (C=O) groups excluding carboxylic acids is 1. The largest absolute Gasteiger partial charge is 0.459 e. The molecule has 0 unspecified atom stereocenters. The summed E-state index contributed by atoms with van der Waals surface area (Å²) in [7, 11) is 0. The Bertz CT molecular complexity index is 489. The van der Waals surface area contributed by atoms with Gasteiger partial charge in [-0.05, 0) is 12.6 Å². The minimum Gasteiger partial charge on any atom is -0.459 e. The van der Waals surface area contributed by atoms with Crippen molar-refractivity contribution in [1.29, 1.82) is 0 Å². The van der Waals surface area contributed by atoms with Crippen molar-refractivity contribution >= 4 is 5.91 Å². The van der Waals surface area contributed by atoms with Gasteiger partial charge < -0.3 is 19.0 Å². The van der Waals surface area contributed by atoms with Gasteiger partial charge in [-0.2, -0.15) is 0 Å². The standard InChI is InChI=1S/C16H25N3O3/c1-2-17-4-6-19(7-5-17)16(20)15-14(3-10-22-15)13-18-8-11-21-12-9-18/h3,10H,2,4-9,11-13H2,1H3. The Kier molecular flexibility index (Phi) is 5.12. The maximum atomic E-state index is 12.7. The van der Waals surface area contributed by atoms with Crippen LogP contribution >= 0.6 is 0 Å². The van der Waals surface area contributed by atoms with Crippen molar-refractivity contribution in [1.82, 2.24) is 14.7 Å². The van der Waals surface area contributed by atoms with Crippen LogP contribution in [-0.4, -0.2) is 79.6 Å². The lowest BCUT2D eigenvalue weighted by Crippen LogP contribution is -2.48. The molecule has 22 heavy (non-hydrogen) atoms.